The largest absolute Gasteiger partial charge is 0.508 e. The van der Waals surface area contributed by atoms with Crippen molar-refractivity contribution in [2.45, 2.75) is 6.42 Å². The van der Waals surface area contributed by atoms with Crippen LogP contribution in [0.5, 0.6) is 5.75 Å². The first-order valence-corrected chi connectivity index (χ1v) is 8.82. The summed E-state index contributed by atoms with van der Waals surface area (Å²) in [5.41, 5.74) is 3.54. The van der Waals surface area contributed by atoms with Crippen LogP contribution in [0.1, 0.15) is 17.5 Å². The van der Waals surface area contributed by atoms with E-state index < -0.39 is 0 Å². The topological polar surface area (TPSA) is 67.3 Å². The van der Waals surface area contributed by atoms with Crippen molar-refractivity contribution in [1.82, 2.24) is 4.98 Å². The van der Waals surface area contributed by atoms with Gasteiger partial charge < -0.3 is 5.11 Å². The van der Waals surface area contributed by atoms with Crippen LogP contribution in [0, 0.1) is 0 Å². The van der Waals surface area contributed by atoms with Gasteiger partial charge in [-0.05, 0) is 47.5 Å². The van der Waals surface area contributed by atoms with Gasteiger partial charge in [-0.2, -0.15) is 0 Å². The Balaban J connectivity index is 1.54. The molecule has 0 fully saturated rings. The minimum absolute atomic E-state index is 0.164. The normalized spacial score (nSPS) is 11.1. The summed E-state index contributed by atoms with van der Waals surface area (Å²) in [6.07, 6.45) is 7.67. The second-order valence-electron chi connectivity index (χ2n) is 6.20. The number of aromatic nitrogens is 1. The summed E-state index contributed by atoms with van der Waals surface area (Å²) in [7, 11) is 0. The Labute approximate surface area is 163 Å². The van der Waals surface area contributed by atoms with Gasteiger partial charge in [0.05, 0.1) is 12.1 Å². The number of carbonyl (C=O) groups excluding carboxylic acids is 2. The molecule has 2 aromatic carbocycles. The van der Waals surface area contributed by atoms with E-state index in [0.717, 1.165) is 22.4 Å². The van der Waals surface area contributed by atoms with E-state index in [9.17, 15) is 14.7 Å². The standard InChI is InChI=1S/C24H19NO3/c26-21-12-6-19(7-13-21)9-15-23(28)17-22(27)14-8-18-4-10-20(11-5-18)24-3-1-2-16-25-24/h1-16,26H,17H2. The number of allylic oxidation sites excluding steroid dienone is 2. The van der Waals surface area contributed by atoms with Gasteiger partial charge in [-0.15, -0.1) is 0 Å². The van der Waals surface area contributed by atoms with Crippen molar-refractivity contribution >= 4 is 23.7 Å². The first-order chi connectivity index (χ1) is 13.6. The van der Waals surface area contributed by atoms with Crippen LogP contribution in [0.15, 0.2) is 85.1 Å². The number of ketones is 2. The van der Waals surface area contributed by atoms with Gasteiger partial charge in [-0.1, -0.05) is 54.6 Å². The van der Waals surface area contributed by atoms with Gasteiger partial charge in [-0.25, -0.2) is 0 Å². The highest BCUT2D eigenvalue weighted by Crippen LogP contribution is 2.17. The fraction of sp³-hybridized carbons (Fsp3) is 0.0417. The molecule has 0 unspecified atom stereocenters. The van der Waals surface area contributed by atoms with E-state index in [4.69, 9.17) is 0 Å². The molecule has 1 aromatic heterocycles. The smallest absolute Gasteiger partial charge is 0.163 e. The summed E-state index contributed by atoms with van der Waals surface area (Å²) >= 11 is 0. The predicted molar refractivity (Wildman–Crippen MR) is 110 cm³/mol. The highest BCUT2D eigenvalue weighted by atomic mass is 16.3. The van der Waals surface area contributed by atoms with E-state index in [1.165, 1.54) is 24.3 Å². The van der Waals surface area contributed by atoms with E-state index in [0.29, 0.717) is 0 Å². The van der Waals surface area contributed by atoms with Gasteiger partial charge in [0.1, 0.15) is 5.75 Å². The van der Waals surface area contributed by atoms with E-state index >= 15 is 0 Å². The zero-order valence-electron chi connectivity index (χ0n) is 15.2. The molecule has 0 radical (unpaired) electrons. The third-order valence-electron chi connectivity index (χ3n) is 4.04. The number of nitrogens with zero attached hydrogens (tertiary/aromatic N) is 1. The van der Waals surface area contributed by atoms with E-state index in [1.807, 2.05) is 42.5 Å². The Hall–Kier alpha value is -3.79. The lowest BCUT2D eigenvalue weighted by Crippen LogP contribution is -2.01. The first kappa shape index (κ1) is 19.0. The van der Waals surface area contributed by atoms with Gasteiger partial charge in [-0.3, -0.25) is 14.6 Å². The molecule has 3 aromatic rings. The van der Waals surface area contributed by atoms with E-state index in [2.05, 4.69) is 4.98 Å². The van der Waals surface area contributed by atoms with Crippen LogP contribution >= 0.6 is 0 Å². The number of pyridine rings is 1. The molecule has 1 heterocycles. The van der Waals surface area contributed by atoms with E-state index in [1.54, 1.807) is 30.5 Å². The van der Waals surface area contributed by atoms with Crippen LogP contribution in [-0.4, -0.2) is 21.7 Å². The third-order valence-corrected chi connectivity index (χ3v) is 4.04. The number of aromatic hydroxyl groups is 1. The fourth-order valence-electron chi connectivity index (χ4n) is 2.55. The molecular formula is C24H19NO3. The van der Waals surface area contributed by atoms with Crippen LogP contribution in [0.3, 0.4) is 0 Å². The van der Waals surface area contributed by atoms with Gasteiger partial charge in [0.25, 0.3) is 0 Å². The van der Waals surface area contributed by atoms with Gasteiger partial charge in [0.15, 0.2) is 11.6 Å². The van der Waals surface area contributed by atoms with Crippen molar-refractivity contribution in [1.29, 1.82) is 0 Å². The molecule has 0 aliphatic heterocycles. The van der Waals surface area contributed by atoms with Crippen LogP contribution in [0.4, 0.5) is 0 Å². The summed E-state index contributed by atoms with van der Waals surface area (Å²) in [5, 5.41) is 9.23. The van der Waals surface area contributed by atoms with Crippen LogP contribution in [0.25, 0.3) is 23.4 Å². The monoisotopic (exact) mass is 369 g/mol. The maximum atomic E-state index is 12.0. The molecule has 0 amide bonds. The highest BCUT2D eigenvalue weighted by Gasteiger charge is 2.04. The summed E-state index contributed by atoms with van der Waals surface area (Å²) in [5.74, 6) is -0.362. The van der Waals surface area contributed by atoms with Crippen LogP contribution in [-0.2, 0) is 9.59 Å². The molecule has 0 saturated heterocycles. The molecule has 0 bridgehead atoms. The van der Waals surface area contributed by atoms with Crippen molar-refractivity contribution in [3.63, 3.8) is 0 Å². The maximum Gasteiger partial charge on any atom is 0.163 e. The third kappa shape index (κ3) is 5.61. The first-order valence-electron chi connectivity index (χ1n) is 8.82. The molecule has 28 heavy (non-hydrogen) atoms. The lowest BCUT2D eigenvalue weighted by molar-refractivity contribution is -0.121. The van der Waals surface area contributed by atoms with E-state index in [-0.39, 0.29) is 23.7 Å². The number of benzene rings is 2. The number of rotatable bonds is 7. The Morgan fingerprint density at radius 1 is 0.786 bits per heavy atom. The molecule has 138 valence electrons. The highest BCUT2D eigenvalue weighted by molar-refractivity contribution is 6.10. The summed E-state index contributed by atoms with van der Waals surface area (Å²) in [4.78, 5) is 28.2. The average molecular weight is 369 g/mol. The van der Waals surface area contributed by atoms with Crippen molar-refractivity contribution in [2.75, 3.05) is 0 Å². The number of phenolic OH excluding ortho intramolecular Hbond substituents is 1. The minimum atomic E-state index is -0.270. The molecular weight excluding hydrogens is 350 g/mol. The Bertz CT molecular complexity index is 1000. The lowest BCUT2D eigenvalue weighted by Gasteiger charge is -2.00. The molecule has 4 nitrogen and oxygen atoms in total. The summed E-state index contributed by atoms with van der Waals surface area (Å²) < 4.78 is 0. The zero-order chi connectivity index (χ0) is 19.8. The number of phenols is 1. The molecule has 0 aliphatic rings. The molecule has 0 aliphatic carbocycles. The lowest BCUT2D eigenvalue weighted by atomic mass is 10.1. The number of hydrogen-bond acceptors (Lipinski definition) is 4. The van der Waals surface area contributed by atoms with Crippen molar-refractivity contribution in [2.24, 2.45) is 0 Å². The predicted octanol–water partition coefficient (Wildman–Crippen LogP) is 4.71. The molecule has 0 spiro atoms. The van der Waals surface area contributed by atoms with Crippen LogP contribution < -0.4 is 0 Å². The van der Waals surface area contributed by atoms with Crippen molar-refractivity contribution < 1.29 is 14.7 Å². The van der Waals surface area contributed by atoms with Gasteiger partial charge in [0.2, 0.25) is 0 Å². The summed E-state index contributed by atoms with van der Waals surface area (Å²) in [6, 6.07) is 19.9. The molecule has 4 heteroatoms. The summed E-state index contributed by atoms with van der Waals surface area (Å²) in [6.45, 7) is 0. The number of hydrogen-bond donors (Lipinski definition) is 1. The quantitative estimate of drug-likeness (QED) is 0.484. The second kappa shape index (κ2) is 9.24. The molecule has 0 atom stereocenters. The average Bonchev–Trinajstić information content (AvgIpc) is 2.73. The Morgan fingerprint density at radius 2 is 1.36 bits per heavy atom. The maximum absolute atomic E-state index is 12.0. The fourth-order valence-corrected chi connectivity index (χ4v) is 2.55. The molecule has 3 rings (SSSR count). The molecule has 0 saturated carbocycles. The van der Waals surface area contributed by atoms with Crippen molar-refractivity contribution in [3.05, 3.63) is 96.2 Å². The second-order valence-corrected chi connectivity index (χ2v) is 6.20. The van der Waals surface area contributed by atoms with Crippen LogP contribution in [0.2, 0.25) is 0 Å². The van der Waals surface area contributed by atoms with Gasteiger partial charge >= 0.3 is 0 Å². The minimum Gasteiger partial charge on any atom is -0.508 e. The molecule has 1 N–H and O–H groups in total. The Morgan fingerprint density at radius 3 is 1.89 bits per heavy atom. The Kier molecular flexibility index (Phi) is 6.26. The van der Waals surface area contributed by atoms with Gasteiger partial charge in [0, 0.05) is 11.8 Å². The number of carbonyl (C=O) groups is 2. The SMILES string of the molecule is O=C(C=Cc1ccc(O)cc1)CC(=O)C=Cc1ccc(-c2ccccn2)cc1. The zero-order valence-corrected chi connectivity index (χ0v) is 15.2. The van der Waals surface area contributed by atoms with Crippen molar-refractivity contribution in [3.8, 4) is 17.0 Å².